The third kappa shape index (κ3) is 3.96. The number of benzene rings is 2. The van der Waals surface area contributed by atoms with Gasteiger partial charge in [0.2, 0.25) is 0 Å². The number of carbonyl (C=O) groups excluding carboxylic acids is 2. The molecule has 1 aliphatic heterocycles. The van der Waals surface area contributed by atoms with Gasteiger partial charge in [0.15, 0.2) is 0 Å². The maximum atomic E-state index is 13.0. The normalized spacial score (nSPS) is 14.9. The zero-order chi connectivity index (χ0) is 18.5. The van der Waals surface area contributed by atoms with Crippen LogP contribution in [-0.2, 0) is 0 Å². The zero-order valence-corrected chi connectivity index (χ0v) is 15.5. The molecular formula is C22H26N2O2. The quantitative estimate of drug-likeness (QED) is 0.828. The second kappa shape index (κ2) is 8.17. The fraction of sp³-hybridized carbons (Fsp3) is 0.364. The molecule has 4 heteroatoms. The second-order valence-electron chi connectivity index (χ2n) is 6.94. The first kappa shape index (κ1) is 18.2. The molecule has 0 radical (unpaired) electrons. The number of anilines is 1. The molecule has 0 N–H and O–H groups in total. The predicted octanol–water partition coefficient (Wildman–Crippen LogP) is 4.23. The Kier molecular flexibility index (Phi) is 5.71. The molecule has 0 atom stereocenters. The molecule has 1 fully saturated rings. The van der Waals surface area contributed by atoms with Gasteiger partial charge in [0, 0.05) is 36.4 Å². The van der Waals surface area contributed by atoms with Crippen molar-refractivity contribution in [1.82, 2.24) is 4.90 Å². The molecule has 2 aromatic carbocycles. The summed E-state index contributed by atoms with van der Waals surface area (Å²) in [6, 6.07) is 16.7. The number of carbonyl (C=O) groups is 2. The van der Waals surface area contributed by atoms with Crippen LogP contribution in [0.25, 0.3) is 0 Å². The van der Waals surface area contributed by atoms with Crippen LogP contribution >= 0.6 is 0 Å². The van der Waals surface area contributed by atoms with Gasteiger partial charge >= 0.3 is 0 Å². The van der Waals surface area contributed by atoms with Crippen molar-refractivity contribution < 1.29 is 9.59 Å². The van der Waals surface area contributed by atoms with E-state index in [0.717, 1.165) is 31.6 Å². The van der Waals surface area contributed by atoms with Crippen molar-refractivity contribution in [3.05, 3.63) is 65.7 Å². The van der Waals surface area contributed by atoms with E-state index in [-0.39, 0.29) is 11.8 Å². The number of piperidine rings is 1. The summed E-state index contributed by atoms with van der Waals surface area (Å²) in [5.74, 6) is 0.617. The van der Waals surface area contributed by atoms with Crippen molar-refractivity contribution in [2.24, 2.45) is 5.92 Å². The van der Waals surface area contributed by atoms with Crippen molar-refractivity contribution in [3.8, 4) is 0 Å². The minimum atomic E-state index is -0.0828. The average molecular weight is 350 g/mol. The van der Waals surface area contributed by atoms with E-state index < -0.39 is 0 Å². The Balaban J connectivity index is 1.80. The second-order valence-corrected chi connectivity index (χ2v) is 6.94. The molecule has 1 heterocycles. The highest BCUT2D eigenvalue weighted by molar-refractivity contribution is 6.07. The Morgan fingerprint density at radius 1 is 1.00 bits per heavy atom. The van der Waals surface area contributed by atoms with Crippen LogP contribution in [0.3, 0.4) is 0 Å². The van der Waals surface area contributed by atoms with Crippen LogP contribution in [-0.4, -0.2) is 36.3 Å². The molecule has 1 aliphatic rings. The van der Waals surface area contributed by atoms with Crippen LogP contribution < -0.4 is 4.90 Å². The standard InChI is InChI=1S/C22H26N2O2/c1-3-24(20-10-5-4-6-11-20)22(26)19-9-7-8-18(16-19)21(25)23-14-12-17(2)13-15-23/h4-11,16-17H,3,12-15H2,1-2H3. The highest BCUT2D eigenvalue weighted by atomic mass is 16.2. The van der Waals surface area contributed by atoms with E-state index in [1.807, 2.05) is 42.2 Å². The lowest BCUT2D eigenvalue weighted by Gasteiger charge is -2.30. The van der Waals surface area contributed by atoms with Crippen LogP contribution in [0.2, 0.25) is 0 Å². The Hall–Kier alpha value is -2.62. The molecule has 0 saturated carbocycles. The third-order valence-corrected chi connectivity index (χ3v) is 5.06. The van der Waals surface area contributed by atoms with Crippen molar-refractivity contribution in [2.45, 2.75) is 26.7 Å². The summed E-state index contributed by atoms with van der Waals surface area (Å²) in [6.07, 6.45) is 2.09. The smallest absolute Gasteiger partial charge is 0.258 e. The maximum Gasteiger partial charge on any atom is 0.258 e. The minimum Gasteiger partial charge on any atom is -0.339 e. The summed E-state index contributed by atoms with van der Waals surface area (Å²) in [4.78, 5) is 29.4. The number of likely N-dealkylation sites (tertiary alicyclic amines) is 1. The van der Waals surface area contributed by atoms with E-state index in [1.54, 1.807) is 29.2 Å². The van der Waals surface area contributed by atoms with E-state index in [1.165, 1.54) is 0 Å². The van der Waals surface area contributed by atoms with Crippen molar-refractivity contribution >= 4 is 17.5 Å². The molecule has 0 spiro atoms. The monoisotopic (exact) mass is 350 g/mol. The van der Waals surface area contributed by atoms with Gasteiger partial charge in [-0.05, 0) is 56.0 Å². The fourth-order valence-electron chi connectivity index (χ4n) is 3.39. The number of rotatable bonds is 4. The van der Waals surface area contributed by atoms with Crippen LogP contribution in [0.5, 0.6) is 0 Å². The molecule has 0 bridgehead atoms. The lowest BCUT2D eigenvalue weighted by Crippen LogP contribution is -2.38. The molecule has 0 aromatic heterocycles. The van der Waals surface area contributed by atoms with Gasteiger partial charge in [-0.1, -0.05) is 31.2 Å². The molecule has 1 saturated heterocycles. The lowest BCUT2D eigenvalue weighted by molar-refractivity contribution is 0.0697. The molecule has 2 aromatic rings. The first-order valence-corrected chi connectivity index (χ1v) is 9.36. The molecule has 4 nitrogen and oxygen atoms in total. The third-order valence-electron chi connectivity index (χ3n) is 5.06. The number of para-hydroxylation sites is 1. The van der Waals surface area contributed by atoms with E-state index >= 15 is 0 Å². The molecule has 26 heavy (non-hydrogen) atoms. The van der Waals surface area contributed by atoms with Crippen LogP contribution in [0.1, 0.15) is 47.4 Å². The summed E-state index contributed by atoms with van der Waals surface area (Å²) in [7, 11) is 0. The minimum absolute atomic E-state index is 0.0225. The van der Waals surface area contributed by atoms with Gasteiger partial charge in [0.25, 0.3) is 11.8 Å². The Morgan fingerprint density at radius 3 is 2.31 bits per heavy atom. The van der Waals surface area contributed by atoms with Gasteiger partial charge in [0.05, 0.1) is 0 Å². The van der Waals surface area contributed by atoms with E-state index in [0.29, 0.717) is 23.6 Å². The lowest BCUT2D eigenvalue weighted by atomic mass is 9.98. The summed E-state index contributed by atoms with van der Waals surface area (Å²) in [5.41, 5.74) is 2.00. The highest BCUT2D eigenvalue weighted by Crippen LogP contribution is 2.20. The first-order valence-electron chi connectivity index (χ1n) is 9.36. The molecule has 0 unspecified atom stereocenters. The number of hydrogen-bond acceptors (Lipinski definition) is 2. The summed E-state index contributed by atoms with van der Waals surface area (Å²) in [6.45, 7) is 6.34. The summed E-state index contributed by atoms with van der Waals surface area (Å²) < 4.78 is 0. The summed E-state index contributed by atoms with van der Waals surface area (Å²) >= 11 is 0. The average Bonchev–Trinajstić information content (AvgIpc) is 2.69. The topological polar surface area (TPSA) is 40.6 Å². The number of hydrogen-bond donors (Lipinski definition) is 0. The van der Waals surface area contributed by atoms with E-state index in [4.69, 9.17) is 0 Å². The molecule has 2 amide bonds. The van der Waals surface area contributed by atoms with E-state index in [9.17, 15) is 9.59 Å². The first-order chi connectivity index (χ1) is 12.6. The van der Waals surface area contributed by atoms with Gasteiger partial charge < -0.3 is 9.80 Å². The summed E-state index contributed by atoms with van der Waals surface area (Å²) in [5, 5.41) is 0. The molecule has 136 valence electrons. The largest absolute Gasteiger partial charge is 0.339 e. The van der Waals surface area contributed by atoms with Gasteiger partial charge in [-0.3, -0.25) is 9.59 Å². The van der Waals surface area contributed by atoms with Gasteiger partial charge in [0.1, 0.15) is 0 Å². The van der Waals surface area contributed by atoms with Gasteiger partial charge in [-0.2, -0.15) is 0 Å². The zero-order valence-electron chi connectivity index (χ0n) is 15.5. The van der Waals surface area contributed by atoms with Crippen LogP contribution in [0.4, 0.5) is 5.69 Å². The fourth-order valence-corrected chi connectivity index (χ4v) is 3.39. The molecular weight excluding hydrogens is 324 g/mol. The predicted molar refractivity (Wildman–Crippen MR) is 105 cm³/mol. The van der Waals surface area contributed by atoms with Crippen LogP contribution in [0.15, 0.2) is 54.6 Å². The van der Waals surface area contributed by atoms with Crippen molar-refractivity contribution in [2.75, 3.05) is 24.5 Å². The van der Waals surface area contributed by atoms with Crippen molar-refractivity contribution in [3.63, 3.8) is 0 Å². The SMILES string of the molecule is CCN(C(=O)c1cccc(C(=O)N2CCC(C)CC2)c1)c1ccccc1. The Labute approximate surface area is 155 Å². The highest BCUT2D eigenvalue weighted by Gasteiger charge is 2.23. The Bertz CT molecular complexity index is 765. The number of nitrogens with zero attached hydrogens (tertiary/aromatic N) is 2. The Morgan fingerprint density at radius 2 is 1.65 bits per heavy atom. The van der Waals surface area contributed by atoms with Gasteiger partial charge in [-0.15, -0.1) is 0 Å². The van der Waals surface area contributed by atoms with Gasteiger partial charge in [-0.25, -0.2) is 0 Å². The van der Waals surface area contributed by atoms with Crippen molar-refractivity contribution in [1.29, 1.82) is 0 Å². The van der Waals surface area contributed by atoms with Crippen LogP contribution in [0, 0.1) is 5.92 Å². The van der Waals surface area contributed by atoms with E-state index in [2.05, 4.69) is 6.92 Å². The molecule has 0 aliphatic carbocycles. The molecule has 3 rings (SSSR count). The maximum absolute atomic E-state index is 13.0. The number of amides is 2.